The van der Waals surface area contributed by atoms with Gasteiger partial charge in [-0.15, -0.1) is 0 Å². The predicted octanol–water partition coefficient (Wildman–Crippen LogP) is 4.60. The molecule has 9 heteroatoms. The van der Waals surface area contributed by atoms with Crippen LogP contribution < -0.4 is 20.3 Å². The molecule has 1 N–H and O–H groups in total. The Hall–Kier alpha value is -3.49. The van der Waals surface area contributed by atoms with E-state index in [0.29, 0.717) is 58.0 Å². The van der Waals surface area contributed by atoms with Crippen molar-refractivity contribution in [2.24, 2.45) is 0 Å². The number of halogens is 1. The minimum Gasteiger partial charge on any atom is -0.486 e. The fourth-order valence-corrected chi connectivity index (χ4v) is 4.67. The van der Waals surface area contributed by atoms with Crippen molar-refractivity contribution in [2.75, 3.05) is 24.3 Å². The van der Waals surface area contributed by atoms with E-state index in [1.54, 1.807) is 41.0 Å². The van der Waals surface area contributed by atoms with Crippen LogP contribution in [0.4, 0.5) is 5.69 Å². The van der Waals surface area contributed by atoms with Gasteiger partial charge in [-0.2, -0.15) is 0 Å². The van der Waals surface area contributed by atoms with Gasteiger partial charge in [-0.25, -0.2) is 4.98 Å². The molecule has 172 valence electrons. The highest BCUT2D eigenvalue weighted by atomic mass is 35.5. The van der Waals surface area contributed by atoms with Gasteiger partial charge in [0.1, 0.15) is 13.2 Å². The summed E-state index contributed by atoms with van der Waals surface area (Å²) < 4.78 is 12.7. The van der Waals surface area contributed by atoms with E-state index in [1.807, 2.05) is 30.3 Å². The quantitative estimate of drug-likeness (QED) is 0.312. The summed E-state index contributed by atoms with van der Waals surface area (Å²) in [5, 5.41) is 4.43. The van der Waals surface area contributed by atoms with E-state index in [4.69, 9.17) is 21.1 Å². The van der Waals surface area contributed by atoms with Gasteiger partial charge in [-0.05, 0) is 42.0 Å². The molecule has 0 aliphatic carbocycles. The van der Waals surface area contributed by atoms with Crippen LogP contribution in [0.5, 0.6) is 11.5 Å². The first-order valence-corrected chi connectivity index (χ1v) is 12.0. The lowest BCUT2D eigenvalue weighted by atomic mass is 10.2. The molecule has 1 aliphatic heterocycles. The molecular weight excluding hydrogens is 474 g/mol. The number of nitrogens with zero attached hydrogens (tertiary/aromatic N) is 2. The third-order valence-electron chi connectivity index (χ3n) is 5.21. The average Bonchev–Trinajstić information content (AvgIpc) is 2.85. The number of hydrogen-bond acceptors (Lipinski definition) is 6. The molecule has 0 unspecified atom stereocenters. The maximum Gasteiger partial charge on any atom is 0.262 e. The minimum atomic E-state index is -0.224. The van der Waals surface area contributed by atoms with Gasteiger partial charge in [0.15, 0.2) is 16.7 Å². The van der Waals surface area contributed by atoms with Crippen LogP contribution in [0.25, 0.3) is 10.9 Å². The molecule has 3 aromatic carbocycles. The number of carbonyl (C=O) groups excluding carboxylic acids is 1. The lowest BCUT2D eigenvalue weighted by Gasteiger charge is -2.19. The van der Waals surface area contributed by atoms with Crippen molar-refractivity contribution in [3.8, 4) is 11.5 Å². The highest BCUT2D eigenvalue weighted by Gasteiger charge is 2.16. The molecule has 0 atom stereocenters. The molecule has 1 aromatic heterocycles. The van der Waals surface area contributed by atoms with E-state index in [0.717, 1.165) is 5.56 Å². The average molecular weight is 494 g/mol. The molecule has 0 saturated carbocycles. The third kappa shape index (κ3) is 4.88. The Kier molecular flexibility index (Phi) is 6.42. The summed E-state index contributed by atoms with van der Waals surface area (Å²) in [5.74, 6) is 1.11. The molecule has 5 rings (SSSR count). The lowest BCUT2D eigenvalue weighted by molar-refractivity contribution is -0.113. The van der Waals surface area contributed by atoms with Crippen molar-refractivity contribution in [1.82, 2.24) is 9.55 Å². The smallest absolute Gasteiger partial charge is 0.262 e. The van der Waals surface area contributed by atoms with Gasteiger partial charge < -0.3 is 14.8 Å². The van der Waals surface area contributed by atoms with Crippen molar-refractivity contribution in [1.29, 1.82) is 0 Å². The minimum absolute atomic E-state index is 0.0781. The number of benzene rings is 3. The number of nitrogens with one attached hydrogen (secondary N) is 1. The topological polar surface area (TPSA) is 82.5 Å². The number of para-hydroxylation sites is 1. The SMILES string of the molecule is O=C(CSc1nc2ccccc2c(=O)n1Cc1cccc(Cl)c1)Nc1ccc2c(c1)OCCO2. The standard InChI is InChI=1S/C25H20ClN3O4S/c26-17-5-3-4-16(12-17)14-29-24(31)19-6-1-2-7-20(19)28-25(29)34-15-23(30)27-18-8-9-21-22(13-18)33-11-10-32-21/h1-9,12-13H,10-11,14-15H2,(H,27,30). The third-order valence-corrected chi connectivity index (χ3v) is 6.43. The van der Waals surface area contributed by atoms with E-state index < -0.39 is 0 Å². The molecular formula is C25H20ClN3O4S. The van der Waals surface area contributed by atoms with Crippen LogP contribution in [0, 0.1) is 0 Å². The van der Waals surface area contributed by atoms with Gasteiger partial charge in [0.2, 0.25) is 5.91 Å². The van der Waals surface area contributed by atoms with Gasteiger partial charge >= 0.3 is 0 Å². The Balaban J connectivity index is 1.38. The Morgan fingerprint density at radius 1 is 1.03 bits per heavy atom. The number of hydrogen-bond donors (Lipinski definition) is 1. The van der Waals surface area contributed by atoms with Gasteiger partial charge in [-0.1, -0.05) is 47.6 Å². The van der Waals surface area contributed by atoms with Gasteiger partial charge in [0, 0.05) is 16.8 Å². The Morgan fingerprint density at radius 2 is 1.85 bits per heavy atom. The van der Waals surface area contributed by atoms with E-state index >= 15 is 0 Å². The van der Waals surface area contributed by atoms with Crippen molar-refractivity contribution in [3.63, 3.8) is 0 Å². The molecule has 4 aromatic rings. The van der Waals surface area contributed by atoms with Gasteiger partial charge in [0.25, 0.3) is 5.56 Å². The highest BCUT2D eigenvalue weighted by Crippen LogP contribution is 2.32. The summed E-state index contributed by atoms with van der Waals surface area (Å²) in [6, 6.07) is 19.8. The molecule has 2 heterocycles. The first-order chi connectivity index (χ1) is 16.6. The van der Waals surface area contributed by atoms with E-state index in [-0.39, 0.29) is 17.2 Å². The van der Waals surface area contributed by atoms with Crippen LogP contribution in [0.15, 0.2) is 76.7 Å². The van der Waals surface area contributed by atoms with E-state index in [1.165, 1.54) is 11.8 Å². The number of aromatic nitrogens is 2. The number of fused-ring (bicyclic) bond motifs is 2. The van der Waals surface area contributed by atoms with Gasteiger partial charge in [0.05, 0.1) is 23.2 Å². The van der Waals surface area contributed by atoms with Crippen LogP contribution in [0.3, 0.4) is 0 Å². The number of carbonyl (C=O) groups is 1. The molecule has 1 aliphatic rings. The zero-order valence-electron chi connectivity index (χ0n) is 18.0. The Labute approximate surface area is 204 Å². The lowest BCUT2D eigenvalue weighted by Crippen LogP contribution is -2.25. The number of amides is 1. The molecule has 0 saturated heterocycles. The normalized spacial score (nSPS) is 12.5. The Morgan fingerprint density at radius 3 is 2.71 bits per heavy atom. The molecule has 34 heavy (non-hydrogen) atoms. The number of anilines is 1. The molecule has 0 spiro atoms. The second-order valence-electron chi connectivity index (χ2n) is 7.63. The maximum absolute atomic E-state index is 13.3. The molecule has 1 amide bonds. The zero-order chi connectivity index (χ0) is 23.5. The van der Waals surface area contributed by atoms with Gasteiger partial charge in [-0.3, -0.25) is 14.2 Å². The molecule has 0 bridgehead atoms. The maximum atomic E-state index is 13.3. The summed E-state index contributed by atoms with van der Waals surface area (Å²) in [6.45, 7) is 1.27. The molecule has 7 nitrogen and oxygen atoms in total. The summed E-state index contributed by atoms with van der Waals surface area (Å²) in [4.78, 5) is 30.6. The van der Waals surface area contributed by atoms with Crippen molar-refractivity contribution >= 4 is 45.9 Å². The van der Waals surface area contributed by atoms with E-state index in [9.17, 15) is 9.59 Å². The molecule has 0 fully saturated rings. The van der Waals surface area contributed by atoms with Crippen LogP contribution >= 0.6 is 23.4 Å². The summed E-state index contributed by atoms with van der Waals surface area (Å²) >= 11 is 7.34. The second-order valence-corrected chi connectivity index (χ2v) is 9.01. The van der Waals surface area contributed by atoms with Crippen molar-refractivity contribution in [3.05, 3.63) is 87.7 Å². The molecule has 0 radical (unpaired) electrons. The first-order valence-electron chi connectivity index (χ1n) is 10.6. The first kappa shape index (κ1) is 22.3. The fraction of sp³-hybridized carbons (Fsp3) is 0.160. The fourth-order valence-electron chi connectivity index (χ4n) is 3.66. The number of thioether (sulfide) groups is 1. The van der Waals surface area contributed by atoms with Crippen LogP contribution in [-0.2, 0) is 11.3 Å². The van der Waals surface area contributed by atoms with Crippen molar-refractivity contribution < 1.29 is 14.3 Å². The van der Waals surface area contributed by atoms with E-state index in [2.05, 4.69) is 10.3 Å². The van der Waals surface area contributed by atoms with Crippen molar-refractivity contribution in [2.45, 2.75) is 11.7 Å². The summed E-state index contributed by atoms with van der Waals surface area (Å²) in [6.07, 6.45) is 0. The second kappa shape index (κ2) is 9.79. The number of rotatable bonds is 6. The summed E-state index contributed by atoms with van der Waals surface area (Å²) in [5.41, 5.74) is 1.90. The largest absolute Gasteiger partial charge is 0.486 e. The van der Waals surface area contributed by atoms with Crippen LogP contribution in [0.2, 0.25) is 5.02 Å². The number of ether oxygens (including phenoxy) is 2. The monoisotopic (exact) mass is 493 g/mol. The summed E-state index contributed by atoms with van der Waals surface area (Å²) in [7, 11) is 0. The predicted molar refractivity (Wildman–Crippen MR) is 133 cm³/mol. The zero-order valence-corrected chi connectivity index (χ0v) is 19.6. The Bertz CT molecular complexity index is 1440. The van der Waals surface area contributed by atoms with Crippen LogP contribution in [-0.4, -0.2) is 34.4 Å². The highest BCUT2D eigenvalue weighted by molar-refractivity contribution is 7.99. The van der Waals surface area contributed by atoms with Crippen LogP contribution in [0.1, 0.15) is 5.56 Å².